The second-order valence-electron chi connectivity index (χ2n) is 9.83. The van der Waals surface area contributed by atoms with Crippen molar-refractivity contribution in [1.29, 1.82) is 0 Å². The van der Waals surface area contributed by atoms with Crippen LogP contribution in [-0.4, -0.2) is 43.5 Å². The van der Waals surface area contributed by atoms with E-state index in [9.17, 15) is 31.9 Å². The molecule has 1 saturated carbocycles. The van der Waals surface area contributed by atoms with Gasteiger partial charge in [-0.25, -0.2) is 13.8 Å². The molecule has 1 amide bonds. The van der Waals surface area contributed by atoms with Crippen LogP contribution in [0.4, 0.5) is 27.6 Å². The number of hydrogen-bond donors (Lipinski definition) is 3. The minimum Gasteiger partial charge on any atom is -0.389 e. The molecule has 1 fully saturated rings. The van der Waals surface area contributed by atoms with Gasteiger partial charge in [0.15, 0.2) is 16.7 Å². The van der Waals surface area contributed by atoms with Crippen LogP contribution in [0.15, 0.2) is 24.4 Å². The number of anilines is 1. The predicted molar refractivity (Wildman–Crippen MR) is 127 cm³/mol. The number of amides is 1. The smallest absolute Gasteiger partial charge is 0.389 e. The van der Waals surface area contributed by atoms with Crippen LogP contribution in [0.25, 0.3) is 10.9 Å². The van der Waals surface area contributed by atoms with Crippen molar-refractivity contribution < 1.29 is 31.9 Å². The molecule has 200 valence electrons. The molecule has 0 radical (unpaired) electrons. The maximum atomic E-state index is 15.0. The standard InChI is InChI=1S/C24H25ClF5N5O2/c1-23(2,37)11-35-10-16(21(25)34-35)22(36)32-14-5-3-4-13(9-14)31-19-15-8-12(26)6-7-17(15)33-20(18(19)27)24(28,29)30/h6-8,10,13-14,37H,3-5,9,11H2,1-2H3,(H,31,33)(H,32,36)/t13-,14+/m0/s1. The molecule has 2 atom stereocenters. The summed E-state index contributed by atoms with van der Waals surface area (Å²) < 4.78 is 70.5. The monoisotopic (exact) mass is 545 g/mol. The van der Waals surface area contributed by atoms with Gasteiger partial charge in [-0.3, -0.25) is 9.48 Å². The summed E-state index contributed by atoms with van der Waals surface area (Å²) in [4.78, 5) is 16.2. The Bertz CT molecular complexity index is 1320. The van der Waals surface area contributed by atoms with Gasteiger partial charge in [-0.15, -0.1) is 0 Å². The number of alkyl halides is 3. The first-order valence-corrected chi connectivity index (χ1v) is 12.0. The second kappa shape index (κ2) is 10.1. The number of pyridine rings is 1. The number of nitrogens with one attached hydrogen (secondary N) is 2. The molecule has 0 bridgehead atoms. The first-order valence-electron chi connectivity index (χ1n) is 11.6. The van der Waals surface area contributed by atoms with E-state index in [0.29, 0.717) is 19.3 Å². The quantitative estimate of drug-likeness (QED) is 0.365. The number of benzene rings is 1. The first-order chi connectivity index (χ1) is 17.2. The summed E-state index contributed by atoms with van der Waals surface area (Å²) in [6, 6.07) is 2.07. The third-order valence-electron chi connectivity index (χ3n) is 6.02. The number of fused-ring (bicyclic) bond motifs is 1. The van der Waals surface area contributed by atoms with Gasteiger partial charge < -0.3 is 15.7 Å². The third kappa shape index (κ3) is 6.30. The fraction of sp³-hybridized carbons (Fsp3) is 0.458. The maximum Gasteiger partial charge on any atom is 0.436 e. The number of halogens is 6. The number of carbonyl (C=O) groups excluding carboxylic acids is 1. The van der Waals surface area contributed by atoms with Gasteiger partial charge in [0.1, 0.15) is 5.82 Å². The molecule has 7 nitrogen and oxygen atoms in total. The number of hydrogen-bond acceptors (Lipinski definition) is 5. The molecule has 0 spiro atoms. The third-order valence-corrected chi connectivity index (χ3v) is 6.30. The molecule has 0 unspecified atom stereocenters. The average molecular weight is 546 g/mol. The Balaban J connectivity index is 1.53. The molecule has 0 saturated heterocycles. The van der Waals surface area contributed by atoms with Crippen LogP contribution in [-0.2, 0) is 12.7 Å². The highest BCUT2D eigenvalue weighted by atomic mass is 35.5. The van der Waals surface area contributed by atoms with Gasteiger partial charge in [-0.1, -0.05) is 11.6 Å². The number of aromatic nitrogens is 3. The van der Waals surface area contributed by atoms with Crippen molar-refractivity contribution in [3.05, 3.63) is 52.4 Å². The Morgan fingerprint density at radius 2 is 1.92 bits per heavy atom. The summed E-state index contributed by atoms with van der Waals surface area (Å²) in [5.74, 6) is -2.85. The van der Waals surface area contributed by atoms with Crippen molar-refractivity contribution in [3.63, 3.8) is 0 Å². The fourth-order valence-electron chi connectivity index (χ4n) is 4.49. The van der Waals surface area contributed by atoms with E-state index in [1.807, 2.05) is 0 Å². The maximum absolute atomic E-state index is 15.0. The van der Waals surface area contributed by atoms with E-state index in [2.05, 4.69) is 20.7 Å². The lowest BCUT2D eigenvalue weighted by Crippen LogP contribution is -2.42. The Kier molecular flexibility index (Phi) is 7.35. The lowest BCUT2D eigenvalue weighted by molar-refractivity contribution is -0.143. The van der Waals surface area contributed by atoms with Gasteiger partial charge >= 0.3 is 6.18 Å². The fourth-order valence-corrected chi connectivity index (χ4v) is 4.72. The number of carbonyl (C=O) groups is 1. The SMILES string of the molecule is CC(C)(O)Cn1cc(C(=O)N[C@@H]2CCC[C@H](Nc3c(F)c(C(F)(F)F)nc4ccc(F)cc34)C2)c(Cl)n1. The van der Waals surface area contributed by atoms with Crippen LogP contribution in [0.3, 0.4) is 0 Å². The topological polar surface area (TPSA) is 92.1 Å². The number of nitrogens with zero attached hydrogens (tertiary/aromatic N) is 3. The molecule has 3 N–H and O–H groups in total. The van der Waals surface area contributed by atoms with Crippen molar-refractivity contribution in [1.82, 2.24) is 20.1 Å². The van der Waals surface area contributed by atoms with E-state index in [4.69, 9.17) is 11.6 Å². The van der Waals surface area contributed by atoms with Gasteiger partial charge in [0.05, 0.1) is 28.9 Å². The van der Waals surface area contributed by atoms with E-state index in [1.54, 1.807) is 13.8 Å². The van der Waals surface area contributed by atoms with Crippen molar-refractivity contribution in [2.45, 2.75) is 69.9 Å². The summed E-state index contributed by atoms with van der Waals surface area (Å²) in [6.45, 7) is 3.28. The molecule has 37 heavy (non-hydrogen) atoms. The van der Waals surface area contributed by atoms with Crippen LogP contribution >= 0.6 is 11.6 Å². The first kappa shape index (κ1) is 27.1. The molecule has 2 aromatic heterocycles. The molecule has 13 heteroatoms. The summed E-state index contributed by atoms with van der Waals surface area (Å²) in [5.41, 5.74) is -3.34. The zero-order valence-corrected chi connectivity index (χ0v) is 20.7. The average Bonchev–Trinajstić information content (AvgIpc) is 3.13. The number of rotatable bonds is 6. The lowest BCUT2D eigenvalue weighted by atomic mass is 9.90. The molecule has 4 rings (SSSR count). The molecular formula is C24H25ClF5N5O2. The van der Waals surface area contributed by atoms with E-state index < -0.39 is 46.7 Å². The summed E-state index contributed by atoms with van der Waals surface area (Å²) in [7, 11) is 0. The second-order valence-corrected chi connectivity index (χ2v) is 10.2. The van der Waals surface area contributed by atoms with Gasteiger partial charge in [-0.05, 0) is 57.7 Å². The van der Waals surface area contributed by atoms with Gasteiger partial charge in [0.2, 0.25) is 0 Å². The van der Waals surface area contributed by atoms with Crippen LogP contribution in [0.1, 0.15) is 55.6 Å². The van der Waals surface area contributed by atoms with Gasteiger partial charge in [0, 0.05) is 23.7 Å². The molecule has 1 aliphatic rings. The number of aliphatic hydroxyl groups is 1. The molecule has 0 aliphatic heterocycles. The van der Waals surface area contributed by atoms with Gasteiger partial charge in [0.25, 0.3) is 5.91 Å². The van der Waals surface area contributed by atoms with E-state index >= 15 is 0 Å². The molecule has 3 aromatic rings. The highest BCUT2D eigenvalue weighted by molar-refractivity contribution is 6.32. The van der Waals surface area contributed by atoms with Crippen molar-refractivity contribution >= 4 is 34.1 Å². The Morgan fingerprint density at radius 3 is 2.59 bits per heavy atom. The van der Waals surface area contributed by atoms with Crippen molar-refractivity contribution in [3.8, 4) is 0 Å². The van der Waals surface area contributed by atoms with Crippen molar-refractivity contribution in [2.75, 3.05) is 5.32 Å². The minimum absolute atomic E-state index is 0.0423. The van der Waals surface area contributed by atoms with Crippen LogP contribution in [0.5, 0.6) is 0 Å². The van der Waals surface area contributed by atoms with Gasteiger partial charge in [-0.2, -0.15) is 18.3 Å². The zero-order valence-electron chi connectivity index (χ0n) is 20.0. The predicted octanol–water partition coefficient (Wildman–Crippen LogP) is 5.31. The van der Waals surface area contributed by atoms with E-state index in [-0.39, 0.29) is 40.6 Å². The highest BCUT2D eigenvalue weighted by Gasteiger charge is 2.39. The summed E-state index contributed by atoms with van der Waals surface area (Å²) >= 11 is 6.10. The Hall–Kier alpha value is -2.99. The summed E-state index contributed by atoms with van der Waals surface area (Å²) in [6.07, 6.45) is -1.67. The van der Waals surface area contributed by atoms with Crippen LogP contribution in [0, 0.1) is 11.6 Å². The summed E-state index contributed by atoms with van der Waals surface area (Å²) in [5, 5.41) is 19.5. The minimum atomic E-state index is -5.04. The van der Waals surface area contributed by atoms with Crippen LogP contribution in [0.2, 0.25) is 5.15 Å². The molecular weight excluding hydrogens is 521 g/mol. The van der Waals surface area contributed by atoms with E-state index in [1.165, 1.54) is 10.9 Å². The Morgan fingerprint density at radius 1 is 1.22 bits per heavy atom. The van der Waals surface area contributed by atoms with E-state index in [0.717, 1.165) is 18.2 Å². The Labute approximate surface area is 214 Å². The zero-order chi connectivity index (χ0) is 27.1. The molecule has 2 heterocycles. The largest absolute Gasteiger partial charge is 0.436 e. The highest BCUT2D eigenvalue weighted by Crippen LogP contribution is 2.37. The van der Waals surface area contributed by atoms with Crippen LogP contribution < -0.4 is 10.6 Å². The normalized spacial score (nSPS) is 18.7. The van der Waals surface area contributed by atoms with Crippen molar-refractivity contribution in [2.24, 2.45) is 0 Å². The lowest BCUT2D eigenvalue weighted by Gasteiger charge is -2.31. The molecule has 1 aliphatic carbocycles. The molecule has 1 aromatic carbocycles.